The molecule has 1 aromatic heterocycles. The van der Waals surface area contributed by atoms with Crippen LogP contribution < -0.4 is 5.32 Å². The van der Waals surface area contributed by atoms with Gasteiger partial charge in [0.05, 0.1) is 0 Å². The molecule has 0 unspecified atom stereocenters. The first kappa shape index (κ1) is 11.8. The Labute approximate surface area is 104 Å². The second kappa shape index (κ2) is 5.62. The van der Waals surface area contributed by atoms with Gasteiger partial charge in [-0.3, -0.25) is 0 Å². The number of benzene rings is 1. The Bertz CT molecular complexity index is 469. The van der Waals surface area contributed by atoms with Crippen LogP contribution in [-0.2, 0) is 6.54 Å². The molecule has 1 N–H and O–H groups in total. The molecule has 0 aliphatic rings. The van der Waals surface area contributed by atoms with E-state index in [4.69, 9.17) is 16.0 Å². The normalized spacial score (nSPS) is 11.1. The lowest BCUT2D eigenvalue weighted by atomic mass is 10.2. The lowest BCUT2D eigenvalue weighted by Crippen LogP contribution is -2.16. The molecule has 0 aliphatic carbocycles. The standard InChI is InChI=1S/C12H14ClNOS/c1-16-7-6-14-8-10-9-4-2-3-5-11(9)15-12(10)13/h2-5,14H,6-8H2,1H3. The van der Waals surface area contributed by atoms with Gasteiger partial charge in [0, 0.05) is 29.8 Å². The van der Waals surface area contributed by atoms with Crippen LogP contribution in [0.3, 0.4) is 0 Å². The molecule has 2 aromatic rings. The van der Waals surface area contributed by atoms with Crippen LogP contribution in [0.1, 0.15) is 5.56 Å². The molecule has 4 heteroatoms. The summed E-state index contributed by atoms with van der Waals surface area (Å²) in [6.07, 6.45) is 2.10. The third-order valence-corrected chi connectivity index (χ3v) is 3.35. The molecule has 0 aliphatic heterocycles. The Morgan fingerprint density at radius 2 is 2.19 bits per heavy atom. The van der Waals surface area contributed by atoms with Crippen molar-refractivity contribution in [2.45, 2.75) is 6.54 Å². The summed E-state index contributed by atoms with van der Waals surface area (Å²) < 4.78 is 5.48. The minimum absolute atomic E-state index is 0.498. The van der Waals surface area contributed by atoms with E-state index in [1.807, 2.05) is 36.0 Å². The van der Waals surface area contributed by atoms with Gasteiger partial charge >= 0.3 is 0 Å². The van der Waals surface area contributed by atoms with Crippen LogP contribution in [-0.4, -0.2) is 18.6 Å². The van der Waals surface area contributed by atoms with Crippen LogP contribution in [0, 0.1) is 0 Å². The van der Waals surface area contributed by atoms with Crippen LogP contribution >= 0.6 is 23.4 Å². The van der Waals surface area contributed by atoms with Gasteiger partial charge in [-0.2, -0.15) is 11.8 Å². The first-order valence-electron chi connectivity index (χ1n) is 5.18. The van der Waals surface area contributed by atoms with Crippen LogP contribution in [0.4, 0.5) is 0 Å². The molecule has 2 nitrogen and oxygen atoms in total. The summed E-state index contributed by atoms with van der Waals surface area (Å²) in [5.74, 6) is 1.10. The SMILES string of the molecule is CSCCNCc1c(Cl)oc2ccccc12. The molecule has 2 rings (SSSR count). The van der Waals surface area contributed by atoms with Crippen molar-refractivity contribution in [2.24, 2.45) is 0 Å². The number of para-hydroxylation sites is 1. The van der Waals surface area contributed by atoms with E-state index in [0.717, 1.165) is 35.4 Å². The summed E-state index contributed by atoms with van der Waals surface area (Å²) in [6.45, 7) is 1.74. The van der Waals surface area contributed by atoms with E-state index in [0.29, 0.717) is 5.22 Å². The van der Waals surface area contributed by atoms with E-state index < -0.39 is 0 Å². The minimum Gasteiger partial charge on any atom is -0.444 e. The number of nitrogens with one attached hydrogen (secondary N) is 1. The molecule has 0 atom stereocenters. The van der Waals surface area contributed by atoms with E-state index in [9.17, 15) is 0 Å². The van der Waals surface area contributed by atoms with E-state index in [1.54, 1.807) is 0 Å². The predicted molar refractivity (Wildman–Crippen MR) is 71.3 cm³/mol. The number of halogens is 1. The van der Waals surface area contributed by atoms with Gasteiger partial charge < -0.3 is 9.73 Å². The molecule has 1 aromatic carbocycles. The lowest BCUT2D eigenvalue weighted by Gasteiger charge is -2.02. The highest BCUT2D eigenvalue weighted by Gasteiger charge is 2.10. The molecular formula is C12H14ClNOS. The number of furan rings is 1. The zero-order valence-corrected chi connectivity index (χ0v) is 10.7. The molecule has 0 spiro atoms. The second-order valence-electron chi connectivity index (χ2n) is 3.52. The first-order chi connectivity index (χ1) is 7.83. The Kier molecular flexibility index (Phi) is 4.16. The molecule has 1 heterocycles. The third kappa shape index (κ3) is 2.54. The Morgan fingerprint density at radius 1 is 1.38 bits per heavy atom. The summed E-state index contributed by atoms with van der Waals surface area (Å²) in [5, 5.41) is 4.96. The maximum Gasteiger partial charge on any atom is 0.199 e. The number of thioether (sulfide) groups is 1. The minimum atomic E-state index is 0.498. The topological polar surface area (TPSA) is 25.2 Å². The van der Waals surface area contributed by atoms with Crippen molar-refractivity contribution in [3.63, 3.8) is 0 Å². The summed E-state index contributed by atoms with van der Waals surface area (Å²) in [5.41, 5.74) is 1.91. The van der Waals surface area contributed by atoms with Gasteiger partial charge in [-0.1, -0.05) is 18.2 Å². The molecule has 0 radical (unpaired) electrons. The molecule has 0 fully saturated rings. The van der Waals surface area contributed by atoms with Crippen LogP contribution in [0.15, 0.2) is 28.7 Å². The van der Waals surface area contributed by atoms with Gasteiger partial charge in [0.2, 0.25) is 0 Å². The summed E-state index contributed by atoms with van der Waals surface area (Å²) >= 11 is 7.90. The first-order valence-corrected chi connectivity index (χ1v) is 6.95. The fourth-order valence-corrected chi connectivity index (χ4v) is 2.22. The molecule has 86 valence electrons. The van der Waals surface area contributed by atoms with Crippen LogP contribution in [0.5, 0.6) is 0 Å². The van der Waals surface area contributed by atoms with Crippen molar-refractivity contribution in [2.75, 3.05) is 18.6 Å². The summed E-state index contributed by atoms with van der Waals surface area (Å²) in [7, 11) is 0. The van der Waals surface area contributed by atoms with Crippen molar-refractivity contribution in [3.8, 4) is 0 Å². The van der Waals surface area contributed by atoms with E-state index >= 15 is 0 Å². The number of hydrogen-bond donors (Lipinski definition) is 1. The van der Waals surface area contributed by atoms with E-state index in [1.165, 1.54) is 0 Å². The van der Waals surface area contributed by atoms with Gasteiger partial charge in [0.15, 0.2) is 5.22 Å². The highest BCUT2D eigenvalue weighted by molar-refractivity contribution is 7.98. The maximum absolute atomic E-state index is 6.07. The molecule has 0 amide bonds. The molecule has 0 saturated heterocycles. The summed E-state index contributed by atoms with van der Waals surface area (Å²) in [4.78, 5) is 0. The molecule has 16 heavy (non-hydrogen) atoms. The second-order valence-corrected chi connectivity index (χ2v) is 4.85. The van der Waals surface area contributed by atoms with Crippen molar-refractivity contribution < 1.29 is 4.42 Å². The van der Waals surface area contributed by atoms with E-state index in [-0.39, 0.29) is 0 Å². The summed E-state index contributed by atoms with van der Waals surface area (Å²) in [6, 6.07) is 7.93. The fraction of sp³-hybridized carbons (Fsp3) is 0.333. The largest absolute Gasteiger partial charge is 0.444 e. The van der Waals surface area contributed by atoms with Gasteiger partial charge in [0.1, 0.15) is 5.58 Å². The van der Waals surface area contributed by atoms with Crippen LogP contribution in [0.25, 0.3) is 11.0 Å². The fourth-order valence-electron chi connectivity index (χ4n) is 1.62. The van der Waals surface area contributed by atoms with Crippen molar-refractivity contribution in [1.82, 2.24) is 5.32 Å². The number of fused-ring (bicyclic) bond motifs is 1. The third-order valence-electron chi connectivity index (χ3n) is 2.43. The van der Waals surface area contributed by atoms with Gasteiger partial charge in [0.25, 0.3) is 0 Å². The van der Waals surface area contributed by atoms with E-state index in [2.05, 4.69) is 11.6 Å². The number of rotatable bonds is 5. The Morgan fingerprint density at radius 3 is 3.00 bits per heavy atom. The lowest BCUT2D eigenvalue weighted by molar-refractivity contribution is 0.607. The monoisotopic (exact) mass is 255 g/mol. The molecular weight excluding hydrogens is 242 g/mol. The zero-order chi connectivity index (χ0) is 11.4. The molecule has 0 bridgehead atoms. The predicted octanol–water partition coefficient (Wildman–Crippen LogP) is 3.54. The average Bonchev–Trinajstić information content (AvgIpc) is 2.61. The van der Waals surface area contributed by atoms with Crippen molar-refractivity contribution in [3.05, 3.63) is 35.0 Å². The quantitative estimate of drug-likeness (QED) is 0.828. The average molecular weight is 256 g/mol. The Balaban J connectivity index is 2.13. The van der Waals surface area contributed by atoms with Crippen molar-refractivity contribution >= 4 is 34.3 Å². The highest BCUT2D eigenvalue weighted by atomic mass is 35.5. The number of hydrogen-bond acceptors (Lipinski definition) is 3. The maximum atomic E-state index is 6.07. The van der Waals surface area contributed by atoms with Gasteiger partial charge in [-0.15, -0.1) is 0 Å². The zero-order valence-electron chi connectivity index (χ0n) is 9.13. The highest BCUT2D eigenvalue weighted by Crippen LogP contribution is 2.29. The van der Waals surface area contributed by atoms with Crippen molar-refractivity contribution in [1.29, 1.82) is 0 Å². The van der Waals surface area contributed by atoms with Gasteiger partial charge in [-0.25, -0.2) is 0 Å². The Hall–Kier alpha value is -0.640. The van der Waals surface area contributed by atoms with Crippen LogP contribution in [0.2, 0.25) is 5.22 Å². The smallest absolute Gasteiger partial charge is 0.199 e. The molecule has 0 saturated carbocycles. The van der Waals surface area contributed by atoms with Gasteiger partial charge in [-0.05, 0) is 23.9 Å².